The number of fused-ring (bicyclic) bond motifs is 1. The molecule has 2 aromatic carbocycles. The Morgan fingerprint density at radius 2 is 1.65 bits per heavy atom. The number of carbonyl (C=O) groups excluding carboxylic acids is 1. The highest BCUT2D eigenvalue weighted by molar-refractivity contribution is 5.80. The molecule has 0 aromatic heterocycles. The van der Waals surface area contributed by atoms with Crippen LogP contribution in [0.1, 0.15) is 30.5 Å². The van der Waals surface area contributed by atoms with Crippen molar-refractivity contribution in [2.24, 2.45) is 5.92 Å². The van der Waals surface area contributed by atoms with Crippen LogP contribution in [-0.2, 0) is 24.2 Å². The molecule has 0 fully saturated rings. The Hall–Kier alpha value is -2.49. The van der Waals surface area contributed by atoms with Crippen LogP contribution in [0.15, 0.2) is 42.5 Å². The summed E-state index contributed by atoms with van der Waals surface area (Å²) in [5.41, 5.74) is 3.50. The van der Waals surface area contributed by atoms with Gasteiger partial charge in [-0.2, -0.15) is 0 Å². The summed E-state index contributed by atoms with van der Waals surface area (Å²) in [4.78, 5) is 15.2. The summed E-state index contributed by atoms with van der Waals surface area (Å²) in [6.07, 6.45) is 1.46. The molecule has 1 heterocycles. The molecule has 1 aliphatic heterocycles. The summed E-state index contributed by atoms with van der Waals surface area (Å²) in [6, 6.07) is 14.4. The van der Waals surface area contributed by atoms with Crippen molar-refractivity contribution >= 4 is 5.91 Å². The first-order chi connectivity index (χ1) is 12.5. The number of benzene rings is 2. The first-order valence-electron chi connectivity index (χ1n) is 9.11. The van der Waals surface area contributed by atoms with Gasteiger partial charge in [-0.15, -0.1) is 0 Å². The van der Waals surface area contributed by atoms with Gasteiger partial charge in [0, 0.05) is 18.5 Å². The molecule has 0 aliphatic carbocycles. The van der Waals surface area contributed by atoms with E-state index in [1.807, 2.05) is 35.2 Å². The second kappa shape index (κ2) is 7.81. The highest BCUT2D eigenvalue weighted by atomic mass is 16.5. The van der Waals surface area contributed by atoms with Crippen LogP contribution in [0.2, 0.25) is 0 Å². The number of nitrogens with zero attached hydrogens (tertiary/aromatic N) is 1. The van der Waals surface area contributed by atoms with Gasteiger partial charge in [0.05, 0.1) is 14.2 Å². The monoisotopic (exact) mass is 353 g/mol. The first-order valence-corrected chi connectivity index (χ1v) is 9.11. The van der Waals surface area contributed by atoms with E-state index in [1.165, 1.54) is 11.1 Å². The molecule has 1 amide bonds. The van der Waals surface area contributed by atoms with Crippen molar-refractivity contribution in [1.29, 1.82) is 0 Å². The molecule has 0 saturated carbocycles. The molecule has 0 radical (unpaired) electrons. The topological polar surface area (TPSA) is 38.8 Å². The van der Waals surface area contributed by atoms with Crippen molar-refractivity contribution in [3.05, 3.63) is 59.2 Å². The van der Waals surface area contributed by atoms with Crippen molar-refractivity contribution < 1.29 is 14.3 Å². The van der Waals surface area contributed by atoms with Gasteiger partial charge in [0.2, 0.25) is 5.91 Å². The molecule has 0 spiro atoms. The smallest absolute Gasteiger partial charge is 0.226 e. The van der Waals surface area contributed by atoms with Gasteiger partial charge >= 0.3 is 0 Å². The lowest BCUT2D eigenvalue weighted by Gasteiger charge is -2.28. The van der Waals surface area contributed by atoms with E-state index >= 15 is 0 Å². The van der Waals surface area contributed by atoms with E-state index in [0.29, 0.717) is 18.7 Å². The van der Waals surface area contributed by atoms with E-state index in [4.69, 9.17) is 9.47 Å². The SMILES string of the molecule is COc1cc2c(cc1OC)CN(C(C)C)C(=O)C(Cc1ccccc1)C2. The van der Waals surface area contributed by atoms with Crippen molar-refractivity contribution in [3.8, 4) is 11.5 Å². The molecule has 26 heavy (non-hydrogen) atoms. The number of hydrogen-bond donors (Lipinski definition) is 0. The molecule has 1 aliphatic rings. The van der Waals surface area contributed by atoms with Gasteiger partial charge in [0.25, 0.3) is 0 Å². The first kappa shape index (κ1) is 18.3. The third kappa shape index (κ3) is 3.69. The van der Waals surface area contributed by atoms with Gasteiger partial charge < -0.3 is 14.4 Å². The molecule has 2 aromatic rings. The Morgan fingerprint density at radius 3 is 2.23 bits per heavy atom. The predicted octanol–water partition coefficient (Wildman–Crippen LogP) is 3.86. The zero-order valence-electron chi connectivity index (χ0n) is 16.0. The van der Waals surface area contributed by atoms with E-state index in [9.17, 15) is 4.79 Å². The van der Waals surface area contributed by atoms with Crippen LogP contribution in [0.3, 0.4) is 0 Å². The standard InChI is InChI=1S/C22H27NO3/c1-15(2)23-14-19-13-21(26-4)20(25-3)12-17(19)11-18(22(23)24)10-16-8-6-5-7-9-16/h5-9,12-13,15,18H,10-11,14H2,1-4H3. The Balaban J connectivity index is 2.00. The normalized spacial score (nSPS) is 17.0. The number of ether oxygens (including phenoxy) is 2. The average molecular weight is 353 g/mol. The molecular weight excluding hydrogens is 326 g/mol. The molecular formula is C22H27NO3. The maximum absolute atomic E-state index is 13.2. The van der Waals surface area contributed by atoms with Crippen LogP contribution in [-0.4, -0.2) is 31.1 Å². The van der Waals surface area contributed by atoms with Gasteiger partial charge in [0.1, 0.15) is 0 Å². The number of methoxy groups -OCH3 is 2. The molecule has 3 rings (SSSR count). The Kier molecular flexibility index (Phi) is 5.50. The van der Waals surface area contributed by atoms with Gasteiger partial charge in [-0.25, -0.2) is 0 Å². The molecule has 4 heteroatoms. The summed E-state index contributed by atoms with van der Waals surface area (Å²) in [5, 5.41) is 0. The third-order valence-electron chi connectivity index (χ3n) is 5.09. The van der Waals surface area contributed by atoms with Crippen molar-refractivity contribution in [1.82, 2.24) is 4.90 Å². The van der Waals surface area contributed by atoms with Crippen LogP contribution in [0.25, 0.3) is 0 Å². The zero-order chi connectivity index (χ0) is 18.7. The van der Waals surface area contributed by atoms with E-state index in [1.54, 1.807) is 14.2 Å². The third-order valence-corrected chi connectivity index (χ3v) is 5.09. The average Bonchev–Trinajstić information content (AvgIpc) is 2.78. The van der Waals surface area contributed by atoms with Crippen LogP contribution in [0, 0.1) is 5.92 Å². The number of amides is 1. The lowest BCUT2D eigenvalue weighted by Crippen LogP contribution is -2.40. The number of hydrogen-bond acceptors (Lipinski definition) is 3. The molecule has 0 saturated heterocycles. The molecule has 4 nitrogen and oxygen atoms in total. The maximum Gasteiger partial charge on any atom is 0.226 e. The predicted molar refractivity (Wildman–Crippen MR) is 103 cm³/mol. The van der Waals surface area contributed by atoms with Gasteiger partial charge in [-0.1, -0.05) is 30.3 Å². The summed E-state index contributed by atoms with van der Waals surface area (Å²) in [5.74, 6) is 1.58. The van der Waals surface area contributed by atoms with E-state index in [0.717, 1.165) is 17.7 Å². The van der Waals surface area contributed by atoms with Crippen LogP contribution < -0.4 is 9.47 Å². The fourth-order valence-electron chi connectivity index (χ4n) is 3.64. The fraction of sp³-hybridized carbons (Fsp3) is 0.409. The molecule has 0 N–H and O–H groups in total. The number of carbonyl (C=O) groups is 1. The lowest BCUT2D eigenvalue weighted by molar-refractivity contribution is -0.137. The highest BCUT2D eigenvalue weighted by Gasteiger charge is 2.31. The lowest BCUT2D eigenvalue weighted by atomic mass is 9.91. The quantitative estimate of drug-likeness (QED) is 0.819. The molecule has 1 atom stereocenters. The molecule has 0 bridgehead atoms. The van der Waals surface area contributed by atoms with E-state index < -0.39 is 0 Å². The Bertz CT molecular complexity index is 770. The van der Waals surface area contributed by atoms with Crippen LogP contribution in [0.4, 0.5) is 0 Å². The van der Waals surface area contributed by atoms with E-state index in [-0.39, 0.29) is 17.9 Å². The van der Waals surface area contributed by atoms with E-state index in [2.05, 4.69) is 26.0 Å². The molecule has 138 valence electrons. The summed E-state index contributed by atoms with van der Waals surface area (Å²) >= 11 is 0. The summed E-state index contributed by atoms with van der Waals surface area (Å²) in [7, 11) is 3.29. The second-order valence-electron chi connectivity index (χ2n) is 7.13. The minimum atomic E-state index is -0.0702. The highest BCUT2D eigenvalue weighted by Crippen LogP contribution is 2.35. The summed E-state index contributed by atoms with van der Waals surface area (Å²) in [6.45, 7) is 4.75. The van der Waals surface area contributed by atoms with Gasteiger partial charge in [-0.05, 0) is 55.5 Å². The zero-order valence-corrected chi connectivity index (χ0v) is 16.0. The Labute approximate surface area is 155 Å². The van der Waals surface area contributed by atoms with Crippen molar-refractivity contribution in [2.75, 3.05) is 14.2 Å². The minimum absolute atomic E-state index is 0.0702. The fourth-order valence-corrected chi connectivity index (χ4v) is 3.64. The largest absolute Gasteiger partial charge is 0.493 e. The molecule has 1 unspecified atom stereocenters. The second-order valence-corrected chi connectivity index (χ2v) is 7.13. The maximum atomic E-state index is 13.2. The van der Waals surface area contributed by atoms with Crippen LogP contribution in [0.5, 0.6) is 11.5 Å². The van der Waals surface area contributed by atoms with Gasteiger partial charge in [-0.3, -0.25) is 4.79 Å². The summed E-state index contributed by atoms with van der Waals surface area (Å²) < 4.78 is 10.9. The number of rotatable bonds is 5. The minimum Gasteiger partial charge on any atom is -0.493 e. The van der Waals surface area contributed by atoms with Crippen molar-refractivity contribution in [2.45, 2.75) is 39.3 Å². The Morgan fingerprint density at radius 1 is 1.04 bits per heavy atom. The van der Waals surface area contributed by atoms with Gasteiger partial charge in [0.15, 0.2) is 11.5 Å². The van der Waals surface area contributed by atoms with Crippen molar-refractivity contribution in [3.63, 3.8) is 0 Å². The van der Waals surface area contributed by atoms with Crippen LogP contribution >= 0.6 is 0 Å².